The number of aliphatic hydroxyl groups excluding tert-OH is 1. The lowest BCUT2D eigenvalue weighted by atomic mass is 10.0. The van der Waals surface area contributed by atoms with Crippen LogP contribution in [0.1, 0.15) is 33.1 Å². The number of thioether (sulfide) groups is 1. The van der Waals surface area contributed by atoms with Crippen molar-refractivity contribution in [3.05, 3.63) is 47.3 Å². The zero-order valence-corrected chi connectivity index (χ0v) is 12.3. The minimum atomic E-state index is -0.0346. The van der Waals surface area contributed by atoms with E-state index < -0.39 is 0 Å². The van der Waals surface area contributed by atoms with Gasteiger partial charge in [0.25, 0.3) is 0 Å². The molecule has 0 radical (unpaired) electrons. The molecule has 0 unspecified atom stereocenters. The number of hydrogen-bond donors (Lipinski definition) is 1. The van der Waals surface area contributed by atoms with Gasteiger partial charge >= 0.3 is 6.20 Å². The molecule has 0 aromatic heterocycles. The van der Waals surface area contributed by atoms with E-state index in [-0.39, 0.29) is 16.9 Å². The first-order valence-corrected chi connectivity index (χ1v) is 7.52. The van der Waals surface area contributed by atoms with Crippen LogP contribution in [0, 0.1) is 11.3 Å². The van der Waals surface area contributed by atoms with Crippen molar-refractivity contribution in [2.45, 2.75) is 43.3 Å². The van der Waals surface area contributed by atoms with Gasteiger partial charge < -0.3 is 5.11 Å². The number of hydrogen-bond acceptors (Lipinski definition) is 3. The number of rotatable bonds is 7. The Kier molecular flexibility index (Phi) is 7.06. The van der Waals surface area contributed by atoms with Crippen molar-refractivity contribution in [3.63, 3.8) is 0 Å². The van der Waals surface area contributed by atoms with Gasteiger partial charge in [0, 0.05) is 16.1 Å². The fourth-order valence-corrected chi connectivity index (χ4v) is 3.15. The van der Waals surface area contributed by atoms with Gasteiger partial charge in [0.05, 0.1) is 0 Å². The van der Waals surface area contributed by atoms with E-state index in [0.717, 1.165) is 25.5 Å². The fourth-order valence-electron chi connectivity index (χ4n) is 1.86. The van der Waals surface area contributed by atoms with Crippen LogP contribution in [0.3, 0.4) is 0 Å². The van der Waals surface area contributed by atoms with Crippen LogP contribution in [0.4, 0.5) is 0 Å². The van der Waals surface area contributed by atoms with Crippen molar-refractivity contribution < 1.29 is 5.11 Å². The summed E-state index contributed by atoms with van der Waals surface area (Å²) in [6, 6.07) is 10.2. The topological polar surface area (TPSA) is 48.4 Å². The molecule has 0 aliphatic heterocycles. The van der Waals surface area contributed by atoms with Crippen molar-refractivity contribution in [2.24, 2.45) is 5.92 Å². The molecule has 0 aliphatic carbocycles. The van der Waals surface area contributed by atoms with Crippen LogP contribution in [0.15, 0.2) is 47.2 Å². The Balaban J connectivity index is 2.77. The molecule has 0 fully saturated rings. The average Bonchev–Trinajstić information content (AvgIpc) is 2.44. The first kappa shape index (κ1) is 15.6. The highest BCUT2D eigenvalue weighted by molar-refractivity contribution is 8.00. The van der Waals surface area contributed by atoms with Gasteiger partial charge in [0.1, 0.15) is 0 Å². The van der Waals surface area contributed by atoms with Gasteiger partial charge in [-0.05, 0) is 18.6 Å². The Labute approximate surface area is 119 Å². The molecule has 1 N–H and O–H groups in total. The lowest BCUT2D eigenvalue weighted by molar-refractivity contribution is 0.331. The molecule has 0 spiro atoms. The minimum Gasteiger partial charge on any atom is -0.505 e. The van der Waals surface area contributed by atoms with Gasteiger partial charge in [0.2, 0.25) is 5.39 Å². The van der Waals surface area contributed by atoms with E-state index in [1.165, 1.54) is 4.90 Å². The minimum absolute atomic E-state index is 0.0346. The van der Waals surface area contributed by atoms with E-state index >= 15 is 0 Å². The number of nitrogens with zero attached hydrogens (tertiary/aromatic N) is 2. The SMILES string of the molecule is CCCC[C@H](Sc1ccccc1)[C@@H](C)/C(O)=C/[N+]#N. The largest absolute Gasteiger partial charge is 0.505 e. The van der Waals surface area contributed by atoms with Gasteiger partial charge in [-0.2, -0.15) is 0 Å². The lowest BCUT2D eigenvalue weighted by Gasteiger charge is -2.21. The summed E-state index contributed by atoms with van der Waals surface area (Å²) >= 11 is 1.77. The molecule has 0 saturated carbocycles. The molecule has 0 bridgehead atoms. The van der Waals surface area contributed by atoms with Crippen molar-refractivity contribution in [3.8, 4) is 0 Å². The van der Waals surface area contributed by atoms with Crippen LogP contribution in [0.5, 0.6) is 0 Å². The molecule has 2 atom stereocenters. The molecule has 0 heterocycles. The third-order valence-electron chi connectivity index (χ3n) is 3.09. The van der Waals surface area contributed by atoms with Crippen LogP contribution in [0.2, 0.25) is 0 Å². The zero-order valence-electron chi connectivity index (χ0n) is 11.5. The van der Waals surface area contributed by atoms with Crippen LogP contribution >= 0.6 is 11.8 Å². The highest BCUT2D eigenvalue weighted by Gasteiger charge is 2.23. The molecule has 1 aromatic carbocycles. The predicted octanol–water partition coefficient (Wildman–Crippen LogP) is 5.23. The highest BCUT2D eigenvalue weighted by Crippen LogP contribution is 2.34. The van der Waals surface area contributed by atoms with Crippen LogP contribution in [0.25, 0.3) is 4.98 Å². The standard InChI is InChI=1S/C15H20N2OS/c1-3-4-10-15(12(2)14(18)11-17-16)19-13-8-6-5-7-9-13/h5-9,11-12,15H,3-4,10H2,1-2H3/p+1/b14-11-/t12-,15-/m0/s1. The van der Waals surface area contributed by atoms with Crippen LogP contribution in [-0.4, -0.2) is 10.4 Å². The smallest absolute Gasteiger partial charge is 0.387 e. The van der Waals surface area contributed by atoms with Gasteiger partial charge in [0.15, 0.2) is 10.7 Å². The Hall–Kier alpha value is -1.47. The molecule has 1 rings (SSSR count). The number of diazo groups is 1. The quantitative estimate of drug-likeness (QED) is 0.422. The second kappa shape index (κ2) is 8.60. The van der Waals surface area contributed by atoms with E-state index in [9.17, 15) is 5.11 Å². The summed E-state index contributed by atoms with van der Waals surface area (Å²) in [5.74, 6) is 0.0969. The average molecular weight is 277 g/mol. The summed E-state index contributed by atoms with van der Waals surface area (Å²) in [5, 5.41) is 18.7. The van der Waals surface area contributed by atoms with E-state index in [1.807, 2.05) is 25.1 Å². The van der Waals surface area contributed by atoms with Crippen LogP contribution in [-0.2, 0) is 0 Å². The molecule has 19 heavy (non-hydrogen) atoms. The lowest BCUT2D eigenvalue weighted by Crippen LogP contribution is -2.16. The molecule has 0 aliphatic rings. The maximum Gasteiger partial charge on any atom is 0.387 e. The van der Waals surface area contributed by atoms with Gasteiger partial charge in [-0.3, -0.25) is 0 Å². The molecular weight excluding hydrogens is 256 g/mol. The van der Waals surface area contributed by atoms with Crippen molar-refractivity contribution >= 4 is 11.8 Å². The first-order valence-electron chi connectivity index (χ1n) is 6.64. The van der Waals surface area contributed by atoms with E-state index in [0.29, 0.717) is 0 Å². The first-order chi connectivity index (χ1) is 9.19. The predicted molar refractivity (Wildman–Crippen MR) is 80.6 cm³/mol. The molecule has 3 nitrogen and oxygen atoms in total. The number of benzene rings is 1. The second-order valence-electron chi connectivity index (χ2n) is 4.57. The van der Waals surface area contributed by atoms with Crippen molar-refractivity contribution in [2.75, 3.05) is 0 Å². The summed E-state index contributed by atoms with van der Waals surface area (Å²) in [5.41, 5.74) is 0. The number of unbranched alkanes of at least 4 members (excludes halogenated alkanes) is 1. The zero-order chi connectivity index (χ0) is 14.1. The highest BCUT2D eigenvalue weighted by atomic mass is 32.2. The van der Waals surface area contributed by atoms with Gasteiger partial charge in [-0.15, -0.1) is 11.8 Å². The second-order valence-corrected chi connectivity index (χ2v) is 5.88. The number of aliphatic hydroxyl groups is 1. The Morgan fingerprint density at radius 1 is 1.42 bits per heavy atom. The normalized spacial score (nSPS) is 14.7. The Morgan fingerprint density at radius 2 is 2.11 bits per heavy atom. The summed E-state index contributed by atoms with van der Waals surface area (Å²) < 4.78 is 0. The monoisotopic (exact) mass is 277 g/mol. The third kappa shape index (κ3) is 5.35. The van der Waals surface area contributed by atoms with Gasteiger partial charge in [-0.25, -0.2) is 0 Å². The maximum absolute atomic E-state index is 9.86. The fraction of sp³-hybridized carbons (Fsp3) is 0.467. The third-order valence-corrected chi connectivity index (χ3v) is 4.58. The maximum atomic E-state index is 9.86. The van der Waals surface area contributed by atoms with Crippen molar-refractivity contribution in [1.29, 1.82) is 5.39 Å². The van der Waals surface area contributed by atoms with E-state index in [4.69, 9.17) is 5.39 Å². The molecule has 1 aromatic rings. The summed E-state index contributed by atoms with van der Waals surface area (Å²) in [7, 11) is 0. The Morgan fingerprint density at radius 3 is 2.68 bits per heavy atom. The summed E-state index contributed by atoms with van der Waals surface area (Å²) in [6.07, 6.45) is 4.40. The number of allylic oxidation sites excluding steroid dienone is 1. The van der Waals surface area contributed by atoms with Crippen LogP contribution < -0.4 is 0 Å². The van der Waals surface area contributed by atoms with Gasteiger partial charge in [-0.1, -0.05) is 44.9 Å². The van der Waals surface area contributed by atoms with Crippen molar-refractivity contribution in [1.82, 2.24) is 0 Å². The summed E-state index contributed by atoms with van der Waals surface area (Å²) in [6.45, 7) is 4.13. The summed E-state index contributed by atoms with van der Waals surface area (Å²) in [4.78, 5) is 4.10. The molecule has 4 heteroatoms. The molecule has 0 amide bonds. The van der Waals surface area contributed by atoms with E-state index in [1.54, 1.807) is 11.8 Å². The Bertz CT molecular complexity index is 439. The molecular formula is C15H21N2OS+. The molecule has 0 saturated heterocycles. The molecule has 102 valence electrons. The van der Waals surface area contributed by atoms with E-state index in [2.05, 4.69) is 24.0 Å².